The van der Waals surface area contributed by atoms with Gasteiger partial charge in [0, 0.05) is 24.8 Å². The molecule has 5 heteroatoms. The predicted molar refractivity (Wildman–Crippen MR) is 67.4 cm³/mol. The molecule has 0 aliphatic rings. The van der Waals surface area contributed by atoms with E-state index in [9.17, 15) is 4.79 Å². The lowest BCUT2D eigenvalue weighted by Gasteiger charge is -2.18. The molecule has 0 bridgehead atoms. The number of aryl methyl sites for hydroxylation is 1. The summed E-state index contributed by atoms with van der Waals surface area (Å²) in [4.78, 5) is 12.0. The lowest BCUT2D eigenvalue weighted by Crippen LogP contribution is -2.40. The Bertz CT molecular complexity index is 386. The summed E-state index contributed by atoms with van der Waals surface area (Å²) in [6, 6.07) is -0.275. The van der Waals surface area contributed by atoms with Crippen molar-refractivity contribution in [2.45, 2.75) is 25.4 Å². The van der Waals surface area contributed by atoms with Gasteiger partial charge in [0.1, 0.15) is 6.04 Å². The molecule has 0 spiro atoms. The van der Waals surface area contributed by atoms with Crippen LogP contribution in [0.5, 0.6) is 0 Å². The average molecular weight is 236 g/mol. The zero-order valence-electron chi connectivity index (χ0n) is 10.6. The number of hydrogen-bond acceptors (Lipinski definition) is 3. The molecule has 1 amide bonds. The highest BCUT2D eigenvalue weighted by molar-refractivity contribution is 5.83. The largest absolute Gasteiger partial charge is 0.352 e. The standard InChI is InChI=1S/C12H20N4O/c1-5-6-9(2)15-12(17)11(13-3)10-7-14-16(4)8-10/h5,7-9,11,13H,1,6H2,2-4H3,(H,15,17). The van der Waals surface area contributed by atoms with Crippen LogP contribution >= 0.6 is 0 Å². The van der Waals surface area contributed by atoms with Crippen LogP contribution in [0.4, 0.5) is 0 Å². The van der Waals surface area contributed by atoms with Crippen molar-refractivity contribution >= 4 is 5.91 Å². The molecule has 17 heavy (non-hydrogen) atoms. The molecule has 1 aromatic rings. The molecule has 1 heterocycles. The van der Waals surface area contributed by atoms with E-state index in [1.807, 2.05) is 20.2 Å². The molecule has 2 unspecified atom stereocenters. The van der Waals surface area contributed by atoms with Crippen molar-refractivity contribution in [3.63, 3.8) is 0 Å². The van der Waals surface area contributed by atoms with Gasteiger partial charge in [-0.2, -0.15) is 5.10 Å². The van der Waals surface area contributed by atoms with Gasteiger partial charge in [0.15, 0.2) is 0 Å². The Kier molecular flexibility index (Phi) is 4.90. The topological polar surface area (TPSA) is 59.0 Å². The fraction of sp³-hybridized carbons (Fsp3) is 0.500. The molecule has 5 nitrogen and oxygen atoms in total. The van der Waals surface area contributed by atoms with Crippen LogP contribution in [-0.2, 0) is 11.8 Å². The van der Waals surface area contributed by atoms with Crippen LogP contribution in [0.25, 0.3) is 0 Å². The third-order valence-corrected chi connectivity index (χ3v) is 2.52. The fourth-order valence-electron chi connectivity index (χ4n) is 1.67. The number of likely N-dealkylation sites (N-methyl/N-ethyl adjacent to an activating group) is 1. The molecule has 94 valence electrons. The number of aromatic nitrogens is 2. The van der Waals surface area contributed by atoms with Gasteiger partial charge in [-0.05, 0) is 20.4 Å². The lowest BCUT2D eigenvalue weighted by atomic mass is 10.1. The minimum absolute atomic E-state index is 0.0464. The van der Waals surface area contributed by atoms with E-state index >= 15 is 0 Å². The maximum Gasteiger partial charge on any atom is 0.242 e. The maximum atomic E-state index is 12.0. The van der Waals surface area contributed by atoms with Crippen molar-refractivity contribution in [2.75, 3.05) is 7.05 Å². The minimum Gasteiger partial charge on any atom is -0.352 e. The van der Waals surface area contributed by atoms with Gasteiger partial charge in [-0.25, -0.2) is 0 Å². The van der Waals surface area contributed by atoms with Crippen LogP contribution in [0, 0.1) is 0 Å². The molecule has 1 aromatic heterocycles. The second-order valence-corrected chi connectivity index (χ2v) is 4.10. The molecule has 2 N–H and O–H groups in total. The predicted octanol–water partition coefficient (Wildman–Crippen LogP) is 0.761. The maximum absolute atomic E-state index is 12.0. The second-order valence-electron chi connectivity index (χ2n) is 4.10. The van der Waals surface area contributed by atoms with E-state index in [0.29, 0.717) is 0 Å². The van der Waals surface area contributed by atoms with Crippen LogP contribution in [0.1, 0.15) is 24.9 Å². The summed E-state index contributed by atoms with van der Waals surface area (Å²) in [5, 5.41) is 9.98. The summed E-state index contributed by atoms with van der Waals surface area (Å²) in [6.07, 6.45) is 6.08. The first-order valence-corrected chi connectivity index (χ1v) is 5.65. The zero-order valence-corrected chi connectivity index (χ0v) is 10.6. The highest BCUT2D eigenvalue weighted by Gasteiger charge is 2.20. The van der Waals surface area contributed by atoms with Gasteiger partial charge >= 0.3 is 0 Å². The number of hydrogen-bond donors (Lipinski definition) is 2. The monoisotopic (exact) mass is 236 g/mol. The molecule has 0 fully saturated rings. The smallest absolute Gasteiger partial charge is 0.242 e. The first kappa shape index (κ1) is 13.4. The Balaban J connectivity index is 2.67. The van der Waals surface area contributed by atoms with E-state index in [1.165, 1.54) is 0 Å². The molecule has 0 saturated carbocycles. The second kappa shape index (κ2) is 6.20. The fourth-order valence-corrected chi connectivity index (χ4v) is 1.67. The van der Waals surface area contributed by atoms with E-state index in [0.717, 1.165) is 12.0 Å². The number of amides is 1. The van der Waals surface area contributed by atoms with Crippen LogP contribution in [0.3, 0.4) is 0 Å². The molecular weight excluding hydrogens is 216 g/mol. The Labute approximate surface area is 102 Å². The first-order valence-electron chi connectivity index (χ1n) is 5.65. The van der Waals surface area contributed by atoms with Gasteiger partial charge in [0.2, 0.25) is 5.91 Å². The van der Waals surface area contributed by atoms with Crippen molar-refractivity contribution in [1.29, 1.82) is 0 Å². The summed E-state index contributed by atoms with van der Waals surface area (Å²) >= 11 is 0. The van der Waals surface area contributed by atoms with Gasteiger partial charge in [0.25, 0.3) is 0 Å². The minimum atomic E-state index is -0.365. The first-order chi connectivity index (χ1) is 8.08. The number of rotatable bonds is 6. The van der Waals surface area contributed by atoms with Crippen LogP contribution < -0.4 is 10.6 Å². The van der Waals surface area contributed by atoms with E-state index in [1.54, 1.807) is 24.0 Å². The molecular formula is C12H20N4O. The van der Waals surface area contributed by atoms with Crippen molar-refractivity contribution < 1.29 is 4.79 Å². The third kappa shape index (κ3) is 3.71. The number of nitrogens with one attached hydrogen (secondary N) is 2. The van der Waals surface area contributed by atoms with Gasteiger partial charge in [-0.15, -0.1) is 6.58 Å². The lowest BCUT2D eigenvalue weighted by molar-refractivity contribution is -0.123. The van der Waals surface area contributed by atoms with Crippen molar-refractivity contribution in [1.82, 2.24) is 20.4 Å². The highest BCUT2D eigenvalue weighted by atomic mass is 16.2. The highest BCUT2D eigenvalue weighted by Crippen LogP contribution is 2.11. The van der Waals surface area contributed by atoms with Gasteiger partial charge in [0.05, 0.1) is 6.20 Å². The Morgan fingerprint density at radius 1 is 1.71 bits per heavy atom. The van der Waals surface area contributed by atoms with Crippen molar-refractivity contribution in [3.8, 4) is 0 Å². The summed E-state index contributed by atoms with van der Waals surface area (Å²) in [5.41, 5.74) is 0.860. The molecule has 0 aromatic carbocycles. The Morgan fingerprint density at radius 3 is 2.88 bits per heavy atom. The van der Waals surface area contributed by atoms with E-state index in [-0.39, 0.29) is 18.0 Å². The molecule has 0 radical (unpaired) electrons. The summed E-state index contributed by atoms with van der Waals surface area (Å²) < 4.78 is 1.68. The molecule has 0 aliphatic heterocycles. The quantitative estimate of drug-likeness (QED) is 0.717. The number of nitrogens with zero attached hydrogens (tertiary/aromatic N) is 2. The van der Waals surface area contributed by atoms with Crippen LogP contribution in [0.15, 0.2) is 25.0 Å². The van der Waals surface area contributed by atoms with Crippen LogP contribution in [-0.4, -0.2) is 28.8 Å². The average Bonchev–Trinajstić information content (AvgIpc) is 2.66. The summed E-state index contributed by atoms with van der Waals surface area (Å²) in [7, 11) is 3.59. The van der Waals surface area contributed by atoms with E-state index in [2.05, 4.69) is 22.3 Å². The van der Waals surface area contributed by atoms with Crippen molar-refractivity contribution in [2.24, 2.45) is 7.05 Å². The number of carbonyl (C=O) groups excluding carboxylic acids is 1. The van der Waals surface area contributed by atoms with Gasteiger partial charge in [-0.1, -0.05) is 6.08 Å². The summed E-state index contributed by atoms with van der Waals surface area (Å²) in [6.45, 7) is 5.61. The SMILES string of the molecule is C=CCC(C)NC(=O)C(NC)c1cnn(C)c1. The molecule has 1 rings (SSSR count). The normalized spacial score (nSPS) is 14.1. The molecule has 0 aliphatic carbocycles. The third-order valence-electron chi connectivity index (χ3n) is 2.52. The van der Waals surface area contributed by atoms with Crippen molar-refractivity contribution in [3.05, 3.63) is 30.6 Å². The molecule has 0 saturated heterocycles. The van der Waals surface area contributed by atoms with Gasteiger partial charge in [-0.3, -0.25) is 9.48 Å². The molecule has 2 atom stereocenters. The Morgan fingerprint density at radius 2 is 2.41 bits per heavy atom. The Hall–Kier alpha value is -1.62. The van der Waals surface area contributed by atoms with E-state index in [4.69, 9.17) is 0 Å². The summed E-state index contributed by atoms with van der Waals surface area (Å²) in [5.74, 6) is -0.0464. The number of carbonyl (C=O) groups is 1. The van der Waals surface area contributed by atoms with E-state index < -0.39 is 0 Å². The van der Waals surface area contributed by atoms with Gasteiger partial charge < -0.3 is 10.6 Å². The zero-order chi connectivity index (χ0) is 12.8. The van der Waals surface area contributed by atoms with Crippen LogP contribution in [0.2, 0.25) is 0 Å².